The van der Waals surface area contributed by atoms with Gasteiger partial charge in [0.1, 0.15) is 5.60 Å². The van der Waals surface area contributed by atoms with Gasteiger partial charge in [0.25, 0.3) is 0 Å². The van der Waals surface area contributed by atoms with Gasteiger partial charge in [-0.15, -0.1) is 0 Å². The third-order valence-electron chi connectivity index (χ3n) is 5.42. The molecule has 0 aromatic heterocycles. The van der Waals surface area contributed by atoms with E-state index >= 15 is 0 Å². The zero-order valence-corrected chi connectivity index (χ0v) is 20.2. The van der Waals surface area contributed by atoms with Gasteiger partial charge in [-0.3, -0.25) is 4.79 Å². The minimum Gasteiger partial charge on any atom is -0.444 e. The molecular weight excluding hydrogens is 506 g/mol. The Balaban J connectivity index is 2.24. The summed E-state index contributed by atoms with van der Waals surface area (Å²) in [4.78, 5) is 24.9. The Morgan fingerprint density at radius 3 is 1.97 bits per heavy atom. The highest BCUT2D eigenvalue weighted by atomic mass is 32.2. The molecular formula is C21H26F6N2O5S. The lowest BCUT2D eigenvalue weighted by Crippen LogP contribution is -2.51. The van der Waals surface area contributed by atoms with Crippen LogP contribution in [0.25, 0.3) is 0 Å². The van der Waals surface area contributed by atoms with Gasteiger partial charge in [0.2, 0.25) is 5.91 Å². The van der Waals surface area contributed by atoms with Crippen LogP contribution in [0.3, 0.4) is 0 Å². The van der Waals surface area contributed by atoms with E-state index in [2.05, 4.69) is 10.6 Å². The molecule has 0 bridgehead atoms. The van der Waals surface area contributed by atoms with Crippen LogP contribution in [0.15, 0.2) is 18.2 Å². The number of sulfone groups is 1. The van der Waals surface area contributed by atoms with Crippen LogP contribution in [-0.4, -0.2) is 43.1 Å². The number of hydrogen-bond donors (Lipinski definition) is 2. The van der Waals surface area contributed by atoms with Gasteiger partial charge in [-0.25, -0.2) is 13.2 Å². The minimum absolute atomic E-state index is 0.0484. The Morgan fingerprint density at radius 1 is 1.03 bits per heavy atom. The molecule has 0 heterocycles. The Labute approximate surface area is 198 Å². The first kappa shape index (κ1) is 28.7. The van der Waals surface area contributed by atoms with Crippen molar-refractivity contribution in [2.24, 2.45) is 0 Å². The number of carbonyl (C=O) groups is 2. The summed E-state index contributed by atoms with van der Waals surface area (Å²) < 4.78 is 107. The van der Waals surface area contributed by atoms with E-state index in [-0.39, 0.29) is 25.3 Å². The summed E-state index contributed by atoms with van der Waals surface area (Å²) in [6, 6.07) is 0.0948. The maximum absolute atomic E-state index is 13.1. The fraction of sp³-hybridized carbons (Fsp3) is 0.619. The minimum atomic E-state index is -5.07. The average Bonchev–Trinajstić information content (AvgIpc) is 3.08. The molecule has 1 aromatic carbocycles. The maximum Gasteiger partial charge on any atom is 0.416 e. The number of amides is 2. The van der Waals surface area contributed by atoms with E-state index < -0.39 is 73.8 Å². The smallest absolute Gasteiger partial charge is 0.416 e. The van der Waals surface area contributed by atoms with Crippen molar-refractivity contribution in [1.82, 2.24) is 10.6 Å². The lowest BCUT2D eigenvalue weighted by Gasteiger charge is -2.27. The van der Waals surface area contributed by atoms with E-state index in [9.17, 15) is 44.3 Å². The van der Waals surface area contributed by atoms with Crippen molar-refractivity contribution in [1.29, 1.82) is 0 Å². The highest BCUT2D eigenvalue weighted by Gasteiger charge is 2.53. The molecule has 1 aromatic rings. The second kappa shape index (κ2) is 9.51. The normalized spacial score (nSPS) is 21.5. The predicted octanol–water partition coefficient (Wildman–Crippen LogP) is 4.20. The quantitative estimate of drug-likeness (QED) is 0.554. The number of benzene rings is 1. The van der Waals surface area contributed by atoms with E-state index in [1.54, 1.807) is 20.8 Å². The van der Waals surface area contributed by atoms with Gasteiger partial charge in [0.05, 0.1) is 11.1 Å². The second-order valence-corrected chi connectivity index (χ2v) is 11.8. The van der Waals surface area contributed by atoms with Gasteiger partial charge in [0, 0.05) is 18.8 Å². The zero-order chi connectivity index (χ0) is 27.0. The number of nitrogens with one attached hydrogen (secondary N) is 2. The number of carbonyl (C=O) groups excluding carboxylic acids is 2. The van der Waals surface area contributed by atoms with Crippen molar-refractivity contribution in [3.63, 3.8) is 0 Å². The van der Waals surface area contributed by atoms with Gasteiger partial charge in [0.15, 0.2) is 14.6 Å². The Morgan fingerprint density at radius 2 is 1.54 bits per heavy atom. The molecule has 14 heteroatoms. The number of halogens is 6. The van der Waals surface area contributed by atoms with E-state index in [1.807, 2.05) is 0 Å². The number of alkyl carbamates (subject to hydrolysis) is 1. The largest absolute Gasteiger partial charge is 0.444 e. The third-order valence-corrected chi connectivity index (χ3v) is 7.39. The molecule has 2 N–H and O–H groups in total. The number of hydrogen-bond acceptors (Lipinski definition) is 5. The predicted molar refractivity (Wildman–Crippen MR) is 113 cm³/mol. The van der Waals surface area contributed by atoms with Gasteiger partial charge >= 0.3 is 18.4 Å². The number of rotatable bonds is 5. The summed E-state index contributed by atoms with van der Waals surface area (Å²) in [6.07, 6.45) is -10.6. The molecule has 2 amide bonds. The molecule has 7 nitrogen and oxygen atoms in total. The summed E-state index contributed by atoms with van der Waals surface area (Å²) in [7, 11) is -4.10. The molecule has 1 saturated carbocycles. The topological polar surface area (TPSA) is 102 Å². The molecule has 0 radical (unpaired) electrons. The standard InChI is InChI=1S/C21H26F6N2O5S/c1-18(2,3)34-17(31)29-15-5-6-19(10-15,35(4,32)33)16(30)28-11-12-7-13(20(22,23)24)9-14(8-12)21(25,26)27/h7-9,15H,5-6,10-11H2,1-4H3,(H,28,30)(H,29,31)/t15-,19?/m1/s1. The van der Waals surface area contributed by atoms with Crippen LogP contribution in [0.1, 0.15) is 56.7 Å². The Hall–Kier alpha value is -2.51. The van der Waals surface area contributed by atoms with Gasteiger partial charge in [-0.05, 0) is 63.8 Å². The van der Waals surface area contributed by atoms with Crippen molar-refractivity contribution in [2.45, 2.75) is 75.3 Å². The fourth-order valence-corrected chi connectivity index (χ4v) is 5.18. The molecule has 198 valence electrons. The van der Waals surface area contributed by atoms with E-state index in [4.69, 9.17) is 4.74 Å². The molecule has 35 heavy (non-hydrogen) atoms. The molecule has 1 unspecified atom stereocenters. The maximum atomic E-state index is 13.1. The summed E-state index contributed by atoms with van der Waals surface area (Å²) in [6.45, 7) is 4.08. The van der Waals surface area contributed by atoms with Crippen LogP contribution in [0.5, 0.6) is 0 Å². The van der Waals surface area contributed by atoms with E-state index in [1.165, 1.54) is 0 Å². The summed E-state index contributed by atoms with van der Waals surface area (Å²) >= 11 is 0. The molecule has 0 aliphatic heterocycles. The van der Waals surface area contributed by atoms with Gasteiger partial charge in [-0.1, -0.05) is 0 Å². The summed E-state index contributed by atoms with van der Waals surface area (Å²) in [5.74, 6) is -1.08. The van der Waals surface area contributed by atoms with Crippen molar-refractivity contribution in [3.05, 3.63) is 34.9 Å². The van der Waals surface area contributed by atoms with Crippen LogP contribution >= 0.6 is 0 Å². The summed E-state index contributed by atoms with van der Waals surface area (Å²) in [5, 5.41) is 4.64. The molecule has 0 spiro atoms. The lowest BCUT2D eigenvalue weighted by molar-refractivity contribution is -0.143. The van der Waals surface area contributed by atoms with E-state index in [0.717, 1.165) is 6.26 Å². The molecule has 1 fully saturated rings. The van der Waals surface area contributed by atoms with Crippen LogP contribution in [0.2, 0.25) is 0 Å². The van der Waals surface area contributed by atoms with Crippen LogP contribution < -0.4 is 10.6 Å². The Bertz CT molecular complexity index is 1050. The second-order valence-electron chi connectivity index (χ2n) is 9.45. The van der Waals surface area contributed by atoms with Gasteiger partial charge < -0.3 is 15.4 Å². The molecule has 0 saturated heterocycles. The highest BCUT2D eigenvalue weighted by molar-refractivity contribution is 7.92. The van der Waals surface area contributed by atoms with Crippen molar-refractivity contribution >= 4 is 21.8 Å². The highest BCUT2D eigenvalue weighted by Crippen LogP contribution is 2.38. The molecule has 1 aliphatic rings. The summed E-state index contributed by atoms with van der Waals surface area (Å²) in [5.41, 5.74) is -4.45. The first-order valence-corrected chi connectivity index (χ1v) is 12.3. The van der Waals surface area contributed by atoms with Crippen LogP contribution in [0.4, 0.5) is 31.1 Å². The average molecular weight is 533 g/mol. The first-order chi connectivity index (χ1) is 15.6. The number of ether oxygens (including phenoxy) is 1. The lowest BCUT2D eigenvalue weighted by atomic mass is 10.0. The third kappa shape index (κ3) is 7.24. The zero-order valence-electron chi connectivity index (χ0n) is 19.4. The monoisotopic (exact) mass is 532 g/mol. The SMILES string of the molecule is CC(C)(C)OC(=O)N[C@@H]1CCC(C(=O)NCc2cc(C(F)(F)F)cc(C(F)(F)F)c2)(S(C)(=O)=O)C1. The van der Waals surface area contributed by atoms with E-state index in [0.29, 0.717) is 12.1 Å². The van der Waals surface area contributed by atoms with Gasteiger partial charge in [-0.2, -0.15) is 26.3 Å². The van der Waals surface area contributed by atoms with Crippen molar-refractivity contribution in [2.75, 3.05) is 6.26 Å². The first-order valence-electron chi connectivity index (χ1n) is 10.4. The molecule has 1 aliphatic carbocycles. The van der Waals surface area contributed by atoms with Crippen LogP contribution in [-0.2, 0) is 38.3 Å². The fourth-order valence-electron chi connectivity index (χ4n) is 3.78. The Kier molecular flexibility index (Phi) is 7.80. The molecule has 2 atom stereocenters. The van der Waals surface area contributed by atoms with Crippen LogP contribution in [0, 0.1) is 0 Å². The molecule has 2 rings (SSSR count). The number of alkyl halides is 6. The van der Waals surface area contributed by atoms with Crippen molar-refractivity contribution in [3.8, 4) is 0 Å². The van der Waals surface area contributed by atoms with Crippen molar-refractivity contribution < 1.29 is 49.1 Å².